The van der Waals surface area contributed by atoms with Gasteiger partial charge in [-0.15, -0.1) is 5.73 Å². The third kappa shape index (κ3) is 3.28. The van der Waals surface area contributed by atoms with Crippen molar-refractivity contribution in [1.29, 1.82) is 0 Å². The standard InChI is InChI=1S/C22H15ClFN3/c1-25-22-18-11-14(8-10-21(18)26-13-27-22)16-5-3-2-4-6-17(16)15-7-9-20(24)19(23)12-15/h2-3,5-13H,1H3,(H,25,26,27). The minimum absolute atomic E-state index is 0.0920. The Morgan fingerprint density at radius 3 is 2.67 bits per heavy atom. The van der Waals surface area contributed by atoms with Gasteiger partial charge in [-0.2, -0.15) is 0 Å². The fourth-order valence-corrected chi connectivity index (χ4v) is 3.26. The highest BCUT2D eigenvalue weighted by Crippen LogP contribution is 2.33. The fourth-order valence-electron chi connectivity index (χ4n) is 3.08. The molecule has 0 saturated heterocycles. The average molecular weight is 376 g/mol. The van der Waals surface area contributed by atoms with E-state index in [9.17, 15) is 4.39 Å². The van der Waals surface area contributed by atoms with Gasteiger partial charge in [0, 0.05) is 12.4 Å². The first-order valence-corrected chi connectivity index (χ1v) is 8.77. The number of allylic oxidation sites excluding steroid dienone is 5. The van der Waals surface area contributed by atoms with Gasteiger partial charge in [0.25, 0.3) is 0 Å². The lowest BCUT2D eigenvalue weighted by Gasteiger charge is -2.12. The first kappa shape index (κ1) is 17.2. The fraction of sp³-hybridized carbons (Fsp3) is 0.0455. The monoisotopic (exact) mass is 375 g/mol. The molecule has 1 aromatic heterocycles. The van der Waals surface area contributed by atoms with Crippen LogP contribution in [0.15, 0.2) is 72.8 Å². The van der Waals surface area contributed by atoms with Crippen LogP contribution >= 0.6 is 11.6 Å². The molecule has 0 radical (unpaired) electrons. The van der Waals surface area contributed by atoms with Crippen molar-refractivity contribution < 1.29 is 4.39 Å². The zero-order valence-electron chi connectivity index (χ0n) is 14.5. The number of anilines is 1. The maximum atomic E-state index is 13.6. The van der Waals surface area contributed by atoms with Crippen molar-refractivity contribution in [3.05, 3.63) is 94.7 Å². The van der Waals surface area contributed by atoms with E-state index in [4.69, 9.17) is 11.6 Å². The predicted octanol–water partition coefficient (Wildman–Crippen LogP) is 5.66. The van der Waals surface area contributed by atoms with E-state index < -0.39 is 5.82 Å². The van der Waals surface area contributed by atoms with Gasteiger partial charge in [0.2, 0.25) is 0 Å². The summed E-state index contributed by atoms with van der Waals surface area (Å²) in [5, 5.41) is 4.12. The Hall–Kier alpha value is -3.20. The van der Waals surface area contributed by atoms with Crippen LogP contribution in [-0.2, 0) is 0 Å². The summed E-state index contributed by atoms with van der Waals surface area (Å²) in [6.07, 6.45) is 9.18. The highest BCUT2D eigenvalue weighted by Gasteiger charge is 2.12. The summed E-state index contributed by atoms with van der Waals surface area (Å²) in [6.45, 7) is 0. The molecular weight excluding hydrogens is 361 g/mol. The normalized spacial score (nSPS) is 13.3. The van der Waals surface area contributed by atoms with Gasteiger partial charge < -0.3 is 5.32 Å². The third-order valence-electron chi connectivity index (χ3n) is 4.39. The molecule has 4 rings (SSSR count). The molecule has 1 N–H and O–H groups in total. The second-order valence-corrected chi connectivity index (χ2v) is 6.40. The molecule has 0 fully saturated rings. The number of nitrogens with zero attached hydrogens (tertiary/aromatic N) is 2. The maximum Gasteiger partial charge on any atom is 0.141 e. The van der Waals surface area contributed by atoms with E-state index in [1.54, 1.807) is 12.1 Å². The van der Waals surface area contributed by atoms with Crippen LogP contribution in [0.3, 0.4) is 0 Å². The van der Waals surface area contributed by atoms with Gasteiger partial charge in [-0.3, -0.25) is 0 Å². The highest BCUT2D eigenvalue weighted by atomic mass is 35.5. The Morgan fingerprint density at radius 2 is 1.85 bits per heavy atom. The van der Waals surface area contributed by atoms with Crippen LogP contribution in [0, 0.1) is 5.82 Å². The summed E-state index contributed by atoms with van der Waals surface area (Å²) >= 11 is 6.00. The largest absolute Gasteiger partial charge is 0.373 e. The molecule has 27 heavy (non-hydrogen) atoms. The van der Waals surface area contributed by atoms with Crippen LogP contribution in [-0.4, -0.2) is 17.0 Å². The van der Waals surface area contributed by atoms with E-state index in [0.717, 1.165) is 39.0 Å². The minimum Gasteiger partial charge on any atom is -0.373 e. The van der Waals surface area contributed by atoms with Crippen molar-refractivity contribution in [2.24, 2.45) is 0 Å². The summed E-state index contributed by atoms with van der Waals surface area (Å²) in [4.78, 5) is 8.61. The topological polar surface area (TPSA) is 37.8 Å². The molecule has 3 aromatic rings. The number of hydrogen-bond donors (Lipinski definition) is 1. The van der Waals surface area contributed by atoms with Gasteiger partial charge in [-0.1, -0.05) is 35.9 Å². The summed E-state index contributed by atoms with van der Waals surface area (Å²) in [7, 11) is 1.83. The quantitative estimate of drug-likeness (QED) is 0.600. The molecule has 0 saturated carbocycles. The Bertz CT molecular complexity index is 1170. The van der Waals surface area contributed by atoms with Gasteiger partial charge in [-0.25, -0.2) is 14.4 Å². The number of halogens is 2. The predicted molar refractivity (Wildman–Crippen MR) is 109 cm³/mol. The molecule has 0 spiro atoms. The maximum absolute atomic E-state index is 13.6. The van der Waals surface area contributed by atoms with Crippen LogP contribution in [0.2, 0.25) is 5.02 Å². The molecule has 1 aliphatic rings. The van der Waals surface area contributed by atoms with Crippen molar-refractivity contribution in [3.63, 3.8) is 0 Å². The first-order chi connectivity index (χ1) is 13.2. The zero-order chi connectivity index (χ0) is 18.8. The smallest absolute Gasteiger partial charge is 0.141 e. The van der Waals surface area contributed by atoms with E-state index in [0.29, 0.717) is 0 Å². The minimum atomic E-state index is -0.437. The summed E-state index contributed by atoms with van der Waals surface area (Å²) in [5.41, 5.74) is 7.68. The van der Waals surface area contributed by atoms with Gasteiger partial charge in [-0.05, 0) is 58.7 Å². The van der Waals surface area contributed by atoms with E-state index in [2.05, 4.69) is 21.0 Å². The SMILES string of the molecule is CNc1ncnc2ccc(C3=C(c4ccc(F)c(Cl)c4)C=C=CC=C3)cc12. The van der Waals surface area contributed by atoms with E-state index >= 15 is 0 Å². The van der Waals surface area contributed by atoms with Crippen LogP contribution in [0.1, 0.15) is 11.1 Å². The molecule has 5 heteroatoms. The Morgan fingerprint density at radius 1 is 1.04 bits per heavy atom. The highest BCUT2D eigenvalue weighted by molar-refractivity contribution is 6.31. The molecule has 0 bridgehead atoms. The van der Waals surface area contributed by atoms with Gasteiger partial charge >= 0.3 is 0 Å². The number of fused-ring (bicyclic) bond motifs is 1. The number of aromatic nitrogens is 2. The number of hydrogen-bond acceptors (Lipinski definition) is 3. The van der Waals surface area contributed by atoms with Crippen molar-refractivity contribution in [2.75, 3.05) is 12.4 Å². The third-order valence-corrected chi connectivity index (χ3v) is 4.68. The van der Waals surface area contributed by atoms with E-state index in [-0.39, 0.29) is 5.02 Å². The molecule has 0 unspecified atom stereocenters. The first-order valence-electron chi connectivity index (χ1n) is 8.39. The Labute approximate surface area is 161 Å². The molecule has 1 heterocycles. The van der Waals surface area contributed by atoms with E-state index in [1.165, 1.54) is 12.4 Å². The molecule has 0 amide bonds. The Kier molecular flexibility index (Phi) is 4.59. The molecule has 2 aromatic carbocycles. The number of nitrogens with one attached hydrogen (secondary N) is 1. The van der Waals surface area contributed by atoms with Crippen molar-refractivity contribution >= 4 is 39.5 Å². The number of benzene rings is 2. The molecule has 0 aliphatic heterocycles. The zero-order valence-corrected chi connectivity index (χ0v) is 15.3. The second-order valence-electron chi connectivity index (χ2n) is 6.00. The lowest BCUT2D eigenvalue weighted by Crippen LogP contribution is -1.96. The number of rotatable bonds is 3. The van der Waals surface area contributed by atoms with Gasteiger partial charge in [0.15, 0.2) is 0 Å². The summed E-state index contributed by atoms with van der Waals surface area (Å²) in [6, 6.07) is 10.8. The summed E-state index contributed by atoms with van der Waals surface area (Å²) < 4.78 is 13.6. The molecule has 3 nitrogen and oxygen atoms in total. The molecular formula is C22H15ClFN3. The average Bonchev–Trinajstić information content (AvgIpc) is 2.95. The van der Waals surface area contributed by atoms with Crippen LogP contribution in [0.5, 0.6) is 0 Å². The van der Waals surface area contributed by atoms with Crippen molar-refractivity contribution in [1.82, 2.24) is 9.97 Å². The summed E-state index contributed by atoms with van der Waals surface area (Å²) in [5.74, 6) is 0.327. The lowest BCUT2D eigenvalue weighted by atomic mass is 9.93. The molecule has 0 atom stereocenters. The van der Waals surface area contributed by atoms with Crippen molar-refractivity contribution in [2.45, 2.75) is 0 Å². The Balaban J connectivity index is 1.96. The second kappa shape index (κ2) is 7.20. The van der Waals surface area contributed by atoms with Gasteiger partial charge in [0.05, 0.1) is 10.5 Å². The van der Waals surface area contributed by atoms with Crippen molar-refractivity contribution in [3.8, 4) is 0 Å². The van der Waals surface area contributed by atoms with Crippen LogP contribution in [0.4, 0.5) is 10.2 Å². The van der Waals surface area contributed by atoms with Crippen LogP contribution in [0.25, 0.3) is 22.0 Å². The van der Waals surface area contributed by atoms with E-state index in [1.807, 2.05) is 49.6 Å². The molecule has 132 valence electrons. The molecule has 1 aliphatic carbocycles. The van der Waals surface area contributed by atoms with Crippen LogP contribution < -0.4 is 5.32 Å². The lowest BCUT2D eigenvalue weighted by molar-refractivity contribution is 0.628. The van der Waals surface area contributed by atoms with Gasteiger partial charge in [0.1, 0.15) is 18.0 Å².